The molecule has 1 heterocycles. The molecular weight excluding hydrogens is 266 g/mol. The summed E-state index contributed by atoms with van der Waals surface area (Å²) in [5.41, 5.74) is 6.42. The van der Waals surface area contributed by atoms with Gasteiger partial charge in [0.15, 0.2) is 0 Å². The van der Waals surface area contributed by atoms with Gasteiger partial charge in [-0.2, -0.15) is 0 Å². The summed E-state index contributed by atoms with van der Waals surface area (Å²) in [5.74, 6) is 0.533. The van der Waals surface area contributed by atoms with Crippen molar-refractivity contribution in [2.75, 3.05) is 18.2 Å². The number of hydrogen-bond donors (Lipinski definition) is 2. The Hall–Kier alpha value is -2.27. The minimum absolute atomic E-state index is 0.236. The number of anilines is 2. The van der Waals surface area contributed by atoms with Gasteiger partial charge in [-0.15, -0.1) is 0 Å². The van der Waals surface area contributed by atoms with E-state index in [-0.39, 0.29) is 22.3 Å². The maximum Gasteiger partial charge on any atom is 0.257 e. The highest BCUT2D eigenvalue weighted by molar-refractivity contribution is 6.34. The Morgan fingerprint density at radius 2 is 2.21 bits per heavy atom. The number of aromatic nitrogens is 1. The lowest BCUT2D eigenvalue weighted by molar-refractivity contribution is 0.102. The van der Waals surface area contributed by atoms with Crippen LogP contribution in [-0.4, -0.2) is 18.0 Å². The van der Waals surface area contributed by atoms with Gasteiger partial charge in [0.25, 0.3) is 5.91 Å². The van der Waals surface area contributed by atoms with E-state index >= 15 is 0 Å². The second-order valence-corrected chi connectivity index (χ2v) is 4.18. The molecule has 3 N–H and O–H groups in total. The van der Waals surface area contributed by atoms with Crippen molar-refractivity contribution in [2.45, 2.75) is 0 Å². The summed E-state index contributed by atoms with van der Waals surface area (Å²) in [4.78, 5) is 15.9. The zero-order valence-corrected chi connectivity index (χ0v) is 10.9. The van der Waals surface area contributed by atoms with E-state index in [2.05, 4.69) is 10.3 Å². The average Bonchev–Trinajstić information content (AvgIpc) is 2.41. The third-order valence-corrected chi connectivity index (χ3v) is 2.75. The fourth-order valence-electron chi connectivity index (χ4n) is 1.53. The molecule has 0 bridgehead atoms. The van der Waals surface area contributed by atoms with E-state index in [1.165, 1.54) is 12.3 Å². The molecule has 0 aliphatic heterocycles. The number of nitrogens with zero attached hydrogens (tertiary/aromatic N) is 1. The van der Waals surface area contributed by atoms with Crippen LogP contribution in [-0.2, 0) is 0 Å². The third-order valence-electron chi connectivity index (χ3n) is 2.45. The van der Waals surface area contributed by atoms with Crippen LogP contribution < -0.4 is 15.8 Å². The Bertz CT molecular complexity index is 617. The highest BCUT2D eigenvalue weighted by Gasteiger charge is 2.12. The SMILES string of the molecule is COc1cccc(NC(=O)c2cc(N)ncc2Cl)c1. The Morgan fingerprint density at radius 3 is 2.95 bits per heavy atom. The summed E-state index contributed by atoms with van der Waals surface area (Å²) in [6.07, 6.45) is 1.34. The summed E-state index contributed by atoms with van der Waals surface area (Å²) in [6.45, 7) is 0. The van der Waals surface area contributed by atoms with Gasteiger partial charge in [0.05, 0.1) is 17.7 Å². The normalized spacial score (nSPS) is 10.0. The lowest BCUT2D eigenvalue weighted by atomic mass is 10.2. The van der Waals surface area contributed by atoms with Crippen LogP contribution in [0.1, 0.15) is 10.4 Å². The first-order chi connectivity index (χ1) is 9.10. The molecule has 0 saturated heterocycles. The zero-order chi connectivity index (χ0) is 13.8. The summed E-state index contributed by atoms with van der Waals surface area (Å²) >= 11 is 5.91. The maximum absolute atomic E-state index is 12.1. The molecule has 1 aromatic carbocycles. The van der Waals surface area contributed by atoms with Gasteiger partial charge in [0.2, 0.25) is 0 Å². The first kappa shape index (κ1) is 13.2. The molecule has 0 radical (unpaired) electrons. The number of rotatable bonds is 3. The predicted octanol–water partition coefficient (Wildman–Crippen LogP) is 2.58. The van der Waals surface area contributed by atoms with Gasteiger partial charge in [0, 0.05) is 18.0 Å². The van der Waals surface area contributed by atoms with Crippen molar-refractivity contribution in [3.05, 3.63) is 47.1 Å². The summed E-state index contributed by atoms with van der Waals surface area (Å²) in [7, 11) is 1.56. The van der Waals surface area contributed by atoms with Gasteiger partial charge >= 0.3 is 0 Å². The number of carbonyl (C=O) groups excluding carboxylic acids is 1. The molecule has 5 nitrogen and oxygen atoms in total. The fraction of sp³-hybridized carbons (Fsp3) is 0.0769. The summed E-state index contributed by atoms with van der Waals surface area (Å²) in [6, 6.07) is 8.44. The number of carbonyl (C=O) groups is 1. The Kier molecular flexibility index (Phi) is 3.87. The van der Waals surface area contributed by atoms with Crippen molar-refractivity contribution in [3.8, 4) is 5.75 Å². The molecule has 6 heteroatoms. The van der Waals surface area contributed by atoms with E-state index in [9.17, 15) is 4.79 Å². The van der Waals surface area contributed by atoms with Crippen LogP contribution in [0.15, 0.2) is 36.5 Å². The van der Waals surface area contributed by atoms with Gasteiger partial charge < -0.3 is 15.8 Å². The first-order valence-electron chi connectivity index (χ1n) is 5.46. The molecule has 2 rings (SSSR count). The van der Waals surface area contributed by atoms with Gasteiger partial charge in [-0.3, -0.25) is 4.79 Å². The molecule has 0 unspecified atom stereocenters. The molecule has 0 atom stereocenters. The zero-order valence-electron chi connectivity index (χ0n) is 10.2. The molecule has 0 aliphatic carbocycles. The van der Waals surface area contributed by atoms with Crippen LogP contribution in [0.25, 0.3) is 0 Å². The minimum Gasteiger partial charge on any atom is -0.497 e. The maximum atomic E-state index is 12.1. The molecule has 0 spiro atoms. The smallest absolute Gasteiger partial charge is 0.257 e. The molecule has 1 amide bonds. The Morgan fingerprint density at radius 1 is 1.42 bits per heavy atom. The summed E-state index contributed by atoms with van der Waals surface area (Å²) in [5, 5.41) is 2.96. The number of methoxy groups -OCH3 is 1. The molecule has 19 heavy (non-hydrogen) atoms. The lowest BCUT2D eigenvalue weighted by Crippen LogP contribution is -2.13. The monoisotopic (exact) mass is 277 g/mol. The lowest BCUT2D eigenvalue weighted by Gasteiger charge is -2.08. The van der Waals surface area contributed by atoms with E-state index < -0.39 is 0 Å². The fourth-order valence-corrected chi connectivity index (χ4v) is 1.72. The second kappa shape index (κ2) is 5.58. The van der Waals surface area contributed by atoms with Crippen LogP contribution in [0, 0.1) is 0 Å². The quantitative estimate of drug-likeness (QED) is 0.904. The number of nitrogens with two attached hydrogens (primary N) is 1. The van der Waals surface area contributed by atoms with Gasteiger partial charge in [-0.05, 0) is 18.2 Å². The van der Waals surface area contributed by atoms with E-state index in [4.69, 9.17) is 22.1 Å². The highest BCUT2D eigenvalue weighted by Crippen LogP contribution is 2.20. The molecule has 0 fully saturated rings. The first-order valence-corrected chi connectivity index (χ1v) is 5.84. The van der Waals surface area contributed by atoms with Crippen LogP contribution >= 0.6 is 11.6 Å². The minimum atomic E-state index is -0.354. The van der Waals surface area contributed by atoms with E-state index in [1.54, 1.807) is 31.4 Å². The van der Waals surface area contributed by atoms with Crippen molar-refractivity contribution in [2.24, 2.45) is 0 Å². The number of amides is 1. The predicted molar refractivity (Wildman–Crippen MR) is 74.6 cm³/mol. The van der Waals surface area contributed by atoms with E-state index in [0.29, 0.717) is 11.4 Å². The Balaban J connectivity index is 2.23. The number of pyridine rings is 1. The van der Waals surface area contributed by atoms with Crippen molar-refractivity contribution in [1.82, 2.24) is 4.98 Å². The molecule has 0 saturated carbocycles. The van der Waals surface area contributed by atoms with Crippen molar-refractivity contribution in [1.29, 1.82) is 0 Å². The van der Waals surface area contributed by atoms with E-state index in [0.717, 1.165) is 0 Å². The summed E-state index contributed by atoms with van der Waals surface area (Å²) < 4.78 is 5.08. The number of ether oxygens (including phenoxy) is 1. The molecule has 98 valence electrons. The van der Waals surface area contributed by atoms with Crippen LogP contribution in [0.4, 0.5) is 11.5 Å². The number of halogens is 1. The van der Waals surface area contributed by atoms with Crippen LogP contribution in [0.5, 0.6) is 5.75 Å². The molecule has 0 aliphatic rings. The number of benzene rings is 1. The second-order valence-electron chi connectivity index (χ2n) is 3.78. The van der Waals surface area contributed by atoms with Crippen molar-refractivity contribution >= 4 is 29.0 Å². The van der Waals surface area contributed by atoms with Gasteiger partial charge in [-0.25, -0.2) is 4.98 Å². The average molecular weight is 278 g/mol. The number of nitrogens with one attached hydrogen (secondary N) is 1. The molecular formula is C13H12ClN3O2. The van der Waals surface area contributed by atoms with Crippen molar-refractivity contribution < 1.29 is 9.53 Å². The van der Waals surface area contributed by atoms with Gasteiger partial charge in [-0.1, -0.05) is 17.7 Å². The van der Waals surface area contributed by atoms with Gasteiger partial charge in [0.1, 0.15) is 11.6 Å². The molecule has 1 aromatic heterocycles. The van der Waals surface area contributed by atoms with Crippen LogP contribution in [0.3, 0.4) is 0 Å². The number of nitrogen functional groups attached to an aromatic ring is 1. The standard InChI is InChI=1S/C13H12ClN3O2/c1-19-9-4-2-3-8(5-9)17-13(18)10-6-12(15)16-7-11(10)14/h2-7H,1H3,(H2,15,16)(H,17,18). The van der Waals surface area contributed by atoms with Crippen LogP contribution in [0.2, 0.25) is 5.02 Å². The van der Waals surface area contributed by atoms with Crippen molar-refractivity contribution in [3.63, 3.8) is 0 Å². The highest BCUT2D eigenvalue weighted by atomic mass is 35.5. The Labute approximate surface area is 115 Å². The largest absolute Gasteiger partial charge is 0.497 e. The molecule has 2 aromatic rings. The van der Waals surface area contributed by atoms with E-state index in [1.807, 2.05) is 0 Å². The number of hydrogen-bond acceptors (Lipinski definition) is 4. The third kappa shape index (κ3) is 3.14. The topological polar surface area (TPSA) is 77.2 Å².